The van der Waals surface area contributed by atoms with Gasteiger partial charge in [-0.25, -0.2) is 4.79 Å². The average molecular weight is 287 g/mol. The van der Waals surface area contributed by atoms with E-state index < -0.39 is 5.97 Å². The van der Waals surface area contributed by atoms with Gasteiger partial charge in [-0.15, -0.1) is 0 Å². The van der Waals surface area contributed by atoms with E-state index in [0.29, 0.717) is 17.8 Å². The molecule has 0 fully saturated rings. The SMILES string of the molecule is CCn1cc(NC(=O)c2ccccc2C)c(C(=O)OC)n1. The maximum atomic E-state index is 12.3. The molecule has 1 aromatic heterocycles. The average Bonchev–Trinajstić information content (AvgIpc) is 2.89. The Morgan fingerprint density at radius 2 is 2.05 bits per heavy atom. The van der Waals surface area contributed by atoms with Gasteiger partial charge in [0.1, 0.15) is 0 Å². The molecular weight excluding hydrogens is 270 g/mol. The number of aromatic nitrogens is 2. The van der Waals surface area contributed by atoms with Gasteiger partial charge in [-0.3, -0.25) is 9.48 Å². The number of carbonyl (C=O) groups excluding carboxylic acids is 2. The number of carbonyl (C=O) groups is 2. The van der Waals surface area contributed by atoms with Gasteiger partial charge in [-0.2, -0.15) is 5.10 Å². The summed E-state index contributed by atoms with van der Waals surface area (Å²) < 4.78 is 6.25. The first-order valence-corrected chi connectivity index (χ1v) is 6.59. The van der Waals surface area contributed by atoms with E-state index in [2.05, 4.69) is 15.2 Å². The van der Waals surface area contributed by atoms with Crippen LogP contribution < -0.4 is 5.32 Å². The molecule has 21 heavy (non-hydrogen) atoms. The van der Waals surface area contributed by atoms with E-state index in [1.807, 2.05) is 26.0 Å². The third kappa shape index (κ3) is 3.10. The molecule has 0 atom stereocenters. The summed E-state index contributed by atoms with van der Waals surface area (Å²) in [6, 6.07) is 7.23. The fourth-order valence-electron chi connectivity index (χ4n) is 1.94. The monoisotopic (exact) mass is 287 g/mol. The Morgan fingerprint density at radius 1 is 1.33 bits per heavy atom. The molecular formula is C15H17N3O3. The Hall–Kier alpha value is -2.63. The van der Waals surface area contributed by atoms with E-state index in [0.717, 1.165) is 5.56 Å². The lowest BCUT2D eigenvalue weighted by Gasteiger charge is -2.06. The molecule has 2 rings (SSSR count). The number of aryl methyl sites for hydroxylation is 2. The lowest BCUT2D eigenvalue weighted by Crippen LogP contribution is -2.15. The number of ether oxygens (including phenoxy) is 1. The van der Waals surface area contributed by atoms with Crippen molar-refractivity contribution in [1.29, 1.82) is 0 Å². The van der Waals surface area contributed by atoms with E-state index in [9.17, 15) is 9.59 Å². The van der Waals surface area contributed by atoms with Gasteiger partial charge in [0.15, 0.2) is 5.69 Å². The van der Waals surface area contributed by atoms with Crippen LogP contribution in [0, 0.1) is 6.92 Å². The first-order valence-electron chi connectivity index (χ1n) is 6.59. The highest BCUT2D eigenvalue weighted by atomic mass is 16.5. The lowest BCUT2D eigenvalue weighted by molar-refractivity contribution is 0.0594. The summed E-state index contributed by atoms with van der Waals surface area (Å²) >= 11 is 0. The molecule has 0 spiro atoms. The summed E-state index contributed by atoms with van der Waals surface area (Å²) in [5.41, 5.74) is 1.85. The van der Waals surface area contributed by atoms with Crippen molar-refractivity contribution in [3.05, 3.63) is 47.3 Å². The Labute approximate surface area is 122 Å². The van der Waals surface area contributed by atoms with Crippen LogP contribution in [0.3, 0.4) is 0 Å². The molecule has 1 aromatic carbocycles. The molecule has 0 radical (unpaired) electrons. The first-order chi connectivity index (χ1) is 10.1. The fraction of sp³-hybridized carbons (Fsp3) is 0.267. The van der Waals surface area contributed by atoms with Crippen LogP contribution in [0.5, 0.6) is 0 Å². The van der Waals surface area contributed by atoms with Crippen molar-refractivity contribution in [2.45, 2.75) is 20.4 Å². The van der Waals surface area contributed by atoms with Crippen LogP contribution in [0.1, 0.15) is 33.3 Å². The zero-order valence-electron chi connectivity index (χ0n) is 12.2. The molecule has 0 aliphatic heterocycles. The van der Waals surface area contributed by atoms with E-state index in [-0.39, 0.29) is 11.6 Å². The van der Waals surface area contributed by atoms with Crippen LogP contribution in [-0.4, -0.2) is 28.8 Å². The second-order valence-corrected chi connectivity index (χ2v) is 4.51. The third-order valence-electron chi connectivity index (χ3n) is 3.10. The number of esters is 1. The van der Waals surface area contributed by atoms with Gasteiger partial charge in [-0.05, 0) is 25.5 Å². The van der Waals surface area contributed by atoms with Crippen LogP contribution in [0.2, 0.25) is 0 Å². The quantitative estimate of drug-likeness (QED) is 0.875. The van der Waals surface area contributed by atoms with Gasteiger partial charge < -0.3 is 10.1 Å². The summed E-state index contributed by atoms with van der Waals surface area (Å²) in [7, 11) is 1.28. The maximum absolute atomic E-state index is 12.3. The number of amides is 1. The molecule has 0 unspecified atom stereocenters. The summed E-state index contributed by atoms with van der Waals surface area (Å²) in [6.45, 7) is 4.33. The summed E-state index contributed by atoms with van der Waals surface area (Å²) in [5.74, 6) is -0.865. The standard InChI is InChI=1S/C15H17N3O3/c1-4-18-9-12(13(17-18)15(20)21-3)16-14(19)11-8-6-5-7-10(11)2/h5-9H,4H2,1-3H3,(H,16,19). The van der Waals surface area contributed by atoms with Crippen molar-refractivity contribution in [2.75, 3.05) is 12.4 Å². The predicted molar refractivity (Wildman–Crippen MR) is 78.4 cm³/mol. The minimum Gasteiger partial charge on any atom is -0.464 e. The van der Waals surface area contributed by atoms with Crippen molar-refractivity contribution < 1.29 is 14.3 Å². The number of nitrogens with one attached hydrogen (secondary N) is 1. The third-order valence-corrected chi connectivity index (χ3v) is 3.10. The Morgan fingerprint density at radius 3 is 2.67 bits per heavy atom. The van der Waals surface area contributed by atoms with Crippen LogP contribution in [0.4, 0.5) is 5.69 Å². The molecule has 1 amide bonds. The molecule has 0 saturated heterocycles. The van der Waals surface area contributed by atoms with Crippen LogP contribution in [0.25, 0.3) is 0 Å². The summed E-state index contributed by atoms with van der Waals surface area (Å²) in [5, 5.41) is 6.81. The normalized spacial score (nSPS) is 10.2. The number of rotatable bonds is 4. The summed E-state index contributed by atoms with van der Waals surface area (Å²) in [4.78, 5) is 24.0. The molecule has 0 aliphatic carbocycles. The number of hydrogen-bond donors (Lipinski definition) is 1. The highest BCUT2D eigenvalue weighted by Crippen LogP contribution is 2.17. The Bertz CT molecular complexity index is 677. The molecule has 6 heteroatoms. The van der Waals surface area contributed by atoms with Gasteiger partial charge >= 0.3 is 5.97 Å². The predicted octanol–water partition coefficient (Wildman–Crippen LogP) is 2.25. The van der Waals surface area contributed by atoms with Crippen LogP contribution >= 0.6 is 0 Å². The largest absolute Gasteiger partial charge is 0.464 e. The maximum Gasteiger partial charge on any atom is 0.360 e. The molecule has 1 N–H and O–H groups in total. The van der Waals surface area contributed by atoms with Gasteiger partial charge in [-0.1, -0.05) is 18.2 Å². The molecule has 0 aliphatic rings. The number of benzene rings is 1. The van der Waals surface area contributed by atoms with E-state index >= 15 is 0 Å². The molecule has 6 nitrogen and oxygen atoms in total. The summed E-state index contributed by atoms with van der Waals surface area (Å²) in [6.07, 6.45) is 1.61. The van der Waals surface area contributed by atoms with Crippen molar-refractivity contribution >= 4 is 17.6 Å². The van der Waals surface area contributed by atoms with Crippen molar-refractivity contribution in [3.8, 4) is 0 Å². The molecule has 0 saturated carbocycles. The number of nitrogens with zero attached hydrogens (tertiary/aromatic N) is 2. The molecule has 110 valence electrons. The minimum absolute atomic E-state index is 0.0984. The first kappa shape index (κ1) is 14.8. The Balaban J connectivity index is 2.31. The van der Waals surface area contributed by atoms with Crippen molar-refractivity contribution in [3.63, 3.8) is 0 Å². The highest BCUT2D eigenvalue weighted by Gasteiger charge is 2.19. The zero-order valence-corrected chi connectivity index (χ0v) is 12.2. The zero-order chi connectivity index (χ0) is 15.4. The lowest BCUT2D eigenvalue weighted by atomic mass is 10.1. The van der Waals surface area contributed by atoms with Crippen molar-refractivity contribution in [1.82, 2.24) is 9.78 Å². The molecule has 0 bridgehead atoms. The highest BCUT2D eigenvalue weighted by molar-refractivity contribution is 6.08. The topological polar surface area (TPSA) is 73.2 Å². The fourth-order valence-corrected chi connectivity index (χ4v) is 1.94. The van der Waals surface area contributed by atoms with Gasteiger partial charge in [0.05, 0.1) is 12.8 Å². The second-order valence-electron chi connectivity index (χ2n) is 4.51. The Kier molecular flexibility index (Phi) is 4.37. The van der Waals surface area contributed by atoms with Crippen molar-refractivity contribution in [2.24, 2.45) is 0 Å². The smallest absolute Gasteiger partial charge is 0.360 e. The van der Waals surface area contributed by atoms with E-state index in [1.54, 1.807) is 23.0 Å². The molecule has 1 heterocycles. The second kappa shape index (κ2) is 6.21. The van der Waals surface area contributed by atoms with E-state index in [1.165, 1.54) is 7.11 Å². The van der Waals surface area contributed by atoms with E-state index in [4.69, 9.17) is 0 Å². The van der Waals surface area contributed by atoms with Crippen LogP contribution in [-0.2, 0) is 11.3 Å². The van der Waals surface area contributed by atoms with Gasteiger partial charge in [0.25, 0.3) is 5.91 Å². The number of methoxy groups -OCH3 is 1. The van der Waals surface area contributed by atoms with Gasteiger partial charge in [0, 0.05) is 18.3 Å². The molecule has 2 aromatic rings. The number of hydrogen-bond acceptors (Lipinski definition) is 4. The van der Waals surface area contributed by atoms with Gasteiger partial charge in [0.2, 0.25) is 0 Å². The minimum atomic E-state index is -0.581. The van der Waals surface area contributed by atoms with Crippen LogP contribution in [0.15, 0.2) is 30.5 Å². The number of anilines is 1.